The molecule has 1 fully saturated rings. The second-order valence-electron chi connectivity index (χ2n) is 6.44. The molecule has 1 saturated heterocycles. The van der Waals surface area contributed by atoms with E-state index < -0.39 is 0 Å². The summed E-state index contributed by atoms with van der Waals surface area (Å²) in [5, 5.41) is 0. The Morgan fingerprint density at radius 2 is 2.12 bits per heavy atom. The molecule has 3 heterocycles. The average Bonchev–Trinajstić information content (AvgIpc) is 3.11. The van der Waals surface area contributed by atoms with Gasteiger partial charge < -0.3 is 9.64 Å². The Balaban J connectivity index is 1.61. The van der Waals surface area contributed by atoms with Crippen LogP contribution in [0.25, 0.3) is 0 Å². The van der Waals surface area contributed by atoms with E-state index in [1.807, 2.05) is 30.7 Å². The predicted molar refractivity (Wildman–Crippen MR) is 98.6 cm³/mol. The molecule has 1 aliphatic heterocycles. The molecule has 7 nitrogen and oxygen atoms in total. The largest absolute Gasteiger partial charge is 0.465 e. The van der Waals surface area contributed by atoms with Crippen molar-refractivity contribution in [3.05, 3.63) is 48.0 Å². The predicted octanol–water partition coefficient (Wildman–Crippen LogP) is 2.21. The second kappa shape index (κ2) is 8.71. The molecule has 2 aromatic rings. The molecule has 138 valence electrons. The summed E-state index contributed by atoms with van der Waals surface area (Å²) in [6.07, 6.45) is 7.80. The van der Waals surface area contributed by atoms with E-state index in [9.17, 15) is 4.79 Å². The van der Waals surface area contributed by atoms with E-state index in [-0.39, 0.29) is 12.5 Å². The maximum absolute atomic E-state index is 11.6. The van der Waals surface area contributed by atoms with Crippen LogP contribution in [0.3, 0.4) is 0 Å². The van der Waals surface area contributed by atoms with Crippen LogP contribution in [0.2, 0.25) is 0 Å². The summed E-state index contributed by atoms with van der Waals surface area (Å²) < 4.78 is 4.95. The van der Waals surface area contributed by atoms with Gasteiger partial charge in [-0.05, 0) is 38.4 Å². The van der Waals surface area contributed by atoms with Crippen molar-refractivity contribution in [1.82, 2.24) is 19.9 Å². The normalized spacial score (nSPS) is 17.2. The van der Waals surface area contributed by atoms with Crippen LogP contribution >= 0.6 is 0 Å². The van der Waals surface area contributed by atoms with Crippen molar-refractivity contribution >= 4 is 11.9 Å². The first-order valence-electron chi connectivity index (χ1n) is 9.00. The zero-order valence-corrected chi connectivity index (χ0v) is 15.3. The van der Waals surface area contributed by atoms with Gasteiger partial charge in [-0.25, -0.2) is 9.97 Å². The number of hydrogen-bond acceptors (Lipinski definition) is 7. The van der Waals surface area contributed by atoms with E-state index in [4.69, 9.17) is 4.74 Å². The molecule has 0 aliphatic carbocycles. The van der Waals surface area contributed by atoms with Crippen LogP contribution in [0.5, 0.6) is 0 Å². The maximum atomic E-state index is 11.6. The molecule has 1 unspecified atom stereocenters. The number of likely N-dealkylation sites (tertiary alicyclic amines) is 1. The van der Waals surface area contributed by atoms with Gasteiger partial charge >= 0.3 is 5.97 Å². The number of esters is 1. The fraction of sp³-hybridized carbons (Fsp3) is 0.474. The minimum absolute atomic E-state index is 0.140. The number of carbonyl (C=O) groups is 1. The average molecular weight is 355 g/mol. The zero-order chi connectivity index (χ0) is 18.4. The molecule has 0 amide bonds. The summed E-state index contributed by atoms with van der Waals surface area (Å²) in [5.41, 5.74) is 2.18. The van der Waals surface area contributed by atoms with Gasteiger partial charge in [0.2, 0.25) is 5.95 Å². The highest BCUT2D eigenvalue weighted by molar-refractivity contribution is 5.74. The van der Waals surface area contributed by atoms with Crippen molar-refractivity contribution in [2.45, 2.75) is 32.4 Å². The number of carbonyl (C=O) groups excluding carboxylic acids is 1. The number of likely N-dealkylation sites (N-methyl/N-ethyl adjacent to an activating group) is 1. The first kappa shape index (κ1) is 18.3. The van der Waals surface area contributed by atoms with Crippen molar-refractivity contribution in [1.29, 1.82) is 0 Å². The van der Waals surface area contributed by atoms with Gasteiger partial charge in [0.1, 0.15) is 6.54 Å². The van der Waals surface area contributed by atoms with Gasteiger partial charge in [-0.1, -0.05) is 6.07 Å². The van der Waals surface area contributed by atoms with Crippen LogP contribution < -0.4 is 4.90 Å². The number of aromatic nitrogens is 3. The Labute approximate surface area is 154 Å². The number of nitrogens with zero attached hydrogens (tertiary/aromatic N) is 5. The highest BCUT2D eigenvalue weighted by Gasteiger charge is 2.27. The molecule has 0 aromatic carbocycles. The van der Waals surface area contributed by atoms with Gasteiger partial charge in [-0.3, -0.25) is 14.7 Å². The second-order valence-corrected chi connectivity index (χ2v) is 6.44. The van der Waals surface area contributed by atoms with Crippen molar-refractivity contribution in [3.63, 3.8) is 0 Å². The molecule has 1 aliphatic rings. The lowest BCUT2D eigenvalue weighted by molar-refractivity contribution is -0.141. The van der Waals surface area contributed by atoms with Gasteiger partial charge in [0.15, 0.2) is 0 Å². The molecule has 26 heavy (non-hydrogen) atoms. The molecule has 1 atom stereocenters. The molecule has 0 N–H and O–H groups in total. The minimum Gasteiger partial charge on any atom is -0.465 e. The van der Waals surface area contributed by atoms with Crippen molar-refractivity contribution in [2.75, 3.05) is 31.6 Å². The summed E-state index contributed by atoms with van der Waals surface area (Å²) in [5.74, 6) is 0.238. The third kappa shape index (κ3) is 4.54. The highest BCUT2D eigenvalue weighted by Crippen LogP contribution is 2.31. The van der Waals surface area contributed by atoms with Crippen molar-refractivity contribution in [3.8, 4) is 0 Å². The monoisotopic (exact) mass is 355 g/mol. The van der Waals surface area contributed by atoms with E-state index >= 15 is 0 Å². The lowest BCUT2D eigenvalue weighted by atomic mass is 10.1. The summed E-state index contributed by atoms with van der Waals surface area (Å²) in [7, 11) is 1.78. The lowest BCUT2D eigenvalue weighted by Gasteiger charge is -2.24. The Hall–Kier alpha value is -2.54. The molecule has 7 heteroatoms. The molecule has 2 aromatic heterocycles. The molecule has 0 spiro atoms. The molecular formula is C19H25N5O2. The third-order valence-electron chi connectivity index (χ3n) is 4.48. The Kier molecular flexibility index (Phi) is 6.12. The van der Waals surface area contributed by atoms with E-state index in [1.54, 1.807) is 18.9 Å². The number of pyridine rings is 1. The Morgan fingerprint density at radius 1 is 1.31 bits per heavy atom. The van der Waals surface area contributed by atoms with Gasteiger partial charge in [-0.2, -0.15) is 0 Å². The molecule has 0 bridgehead atoms. The fourth-order valence-corrected chi connectivity index (χ4v) is 3.26. The highest BCUT2D eigenvalue weighted by atomic mass is 16.5. The standard InChI is InChI=1S/C19H25N5O2/c1-3-26-18(25)14-23(2)19-21-11-15(12-22-19)13-24-10-6-8-17(24)16-7-4-5-9-20-16/h4-5,7,9,11-12,17H,3,6,8,10,13-14H2,1-2H3. The van der Waals surface area contributed by atoms with E-state index in [0.717, 1.165) is 30.8 Å². The van der Waals surface area contributed by atoms with E-state index in [2.05, 4.69) is 25.9 Å². The van der Waals surface area contributed by atoms with E-state index in [1.165, 1.54) is 6.42 Å². The summed E-state index contributed by atoms with van der Waals surface area (Å²) in [6, 6.07) is 6.42. The van der Waals surface area contributed by atoms with Gasteiger partial charge in [0, 0.05) is 37.7 Å². The number of hydrogen-bond donors (Lipinski definition) is 0. The van der Waals surface area contributed by atoms with Crippen LogP contribution in [0, 0.1) is 0 Å². The van der Waals surface area contributed by atoms with Gasteiger partial charge in [-0.15, -0.1) is 0 Å². The quantitative estimate of drug-likeness (QED) is 0.705. The Morgan fingerprint density at radius 3 is 2.81 bits per heavy atom. The summed E-state index contributed by atoms with van der Waals surface area (Å²) >= 11 is 0. The summed E-state index contributed by atoms with van der Waals surface area (Å²) in [6.45, 7) is 4.15. The minimum atomic E-state index is -0.280. The van der Waals surface area contributed by atoms with Crippen LogP contribution in [0.1, 0.15) is 37.1 Å². The first-order valence-corrected chi connectivity index (χ1v) is 9.00. The van der Waals surface area contributed by atoms with E-state index in [0.29, 0.717) is 18.6 Å². The lowest BCUT2D eigenvalue weighted by Crippen LogP contribution is -2.28. The summed E-state index contributed by atoms with van der Waals surface area (Å²) in [4.78, 5) is 29.0. The molecule has 0 saturated carbocycles. The number of rotatable bonds is 7. The maximum Gasteiger partial charge on any atom is 0.325 e. The smallest absolute Gasteiger partial charge is 0.325 e. The number of anilines is 1. The Bertz CT molecular complexity index is 708. The van der Waals surface area contributed by atoms with Gasteiger partial charge in [0.25, 0.3) is 0 Å². The fourth-order valence-electron chi connectivity index (χ4n) is 3.26. The molecule has 0 radical (unpaired) electrons. The van der Waals surface area contributed by atoms with Crippen LogP contribution in [-0.4, -0.2) is 52.6 Å². The van der Waals surface area contributed by atoms with Crippen LogP contribution in [0.15, 0.2) is 36.8 Å². The molecular weight excluding hydrogens is 330 g/mol. The molecule has 3 rings (SSSR count). The number of ether oxygens (including phenoxy) is 1. The van der Waals surface area contributed by atoms with Gasteiger partial charge in [0.05, 0.1) is 18.3 Å². The SMILES string of the molecule is CCOC(=O)CN(C)c1ncc(CN2CCCC2c2ccccn2)cn1. The van der Waals surface area contributed by atoms with Crippen LogP contribution in [0.4, 0.5) is 5.95 Å². The zero-order valence-electron chi connectivity index (χ0n) is 15.3. The van der Waals surface area contributed by atoms with Crippen LogP contribution in [-0.2, 0) is 16.1 Å². The third-order valence-corrected chi connectivity index (χ3v) is 4.48. The van der Waals surface area contributed by atoms with Crippen molar-refractivity contribution in [2.24, 2.45) is 0 Å². The topological polar surface area (TPSA) is 71.5 Å². The first-order chi connectivity index (χ1) is 12.7. The van der Waals surface area contributed by atoms with Crippen molar-refractivity contribution < 1.29 is 9.53 Å².